The van der Waals surface area contributed by atoms with Crippen LogP contribution in [0.4, 0.5) is 5.69 Å². The van der Waals surface area contributed by atoms with Gasteiger partial charge in [0.05, 0.1) is 32.6 Å². The molecular weight excluding hydrogens is 374 g/mol. The zero-order valence-electron chi connectivity index (χ0n) is 19.6. The Hall–Kier alpha value is -2.75. The summed E-state index contributed by atoms with van der Waals surface area (Å²) >= 11 is 0. The van der Waals surface area contributed by atoms with Gasteiger partial charge in [0.25, 0.3) is 0 Å². The first-order valence-electron chi connectivity index (χ1n) is 10.3. The van der Waals surface area contributed by atoms with E-state index in [9.17, 15) is 0 Å². The van der Waals surface area contributed by atoms with Crippen LogP contribution in [0.1, 0.15) is 45.7 Å². The molecule has 0 aliphatic rings. The maximum absolute atomic E-state index is 5.49. The molecule has 0 saturated heterocycles. The van der Waals surface area contributed by atoms with Gasteiger partial charge in [-0.2, -0.15) is 0 Å². The minimum atomic E-state index is 0.00926. The summed E-state index contributed by atoms with van der Waals surface area (Å²) in [5.74, 6) is 2.76. The predicted octanol–water partition coefficient (Wildman–Crippen LogP) is 6.63. The van der Waals surface area contributed by atoms with Gasteiger partial charge in [0, 0.05) is 12.3 Å². The van der Waals surface area contributed by atoms with E-state index in [0.29, 0.717) is 5.92 Å². The van der Waals surface area contributed by atoms with Crippen molar-refractivity contribution < 1.29 is 14.2 Å². The van der Waals surface area contributed by atoms with E-state index in [2.05, 4.69) is 46.8 Å². The molecule has 0 aliphatic heterocycles. The van der Waals surface area contributed by atoms with Gasteiger partial charge in [-0.1, -0.05) is 51.5 Å². The quantitative estimate of drug-likeness (QED) is 0.344. The Morgan fingerprint density at radius 3 is 2.17 bits per heavy atom. The third-order valence-electron chi connectivity index (χ3n) is 5.27. The highest BCUT2D eigenvalue weighted by molar-refractivity contribution is 5.89. The number of aliphatic imine (C=N–C) groups is 1. The number of hydrogen-bond donors (Lipinski definition) is 0. The third-order valence-corrected chi connectivity index (χ3v) is 5.27. The van der Waals surface area contributed by atoms with Gasteiger partial charge in [-0.05, 0) is 48.4 Å². The largest absolute Gasteiger partial charge is 0.497 e. The molecule has 0 heterocycles. The van der Waals surface area contributed by atoms with Crippen molar-refractivity contribution in [3.8, 4) is 17.2 Å². The fourth-order valence-corrected chi connectivity index (χ4v) is 3.41. The fourth-order valence-electron chi connectivity index (χ4n) is 3.41. The highest BCUT2D eigenvalue weighted by Gasteiger charge is 2.19. The van der Waals surface area contributed by atoms with Crippen LogP contribution in [0.25, 0.3) is 0 Å². The van der Waals surface area contributed by atoms with Crippen molar-refractivity contribution in [3.63, 3.8) is 0 Å². The van der Waals surface area contributed by atoms with E-state index >= 15 is 0 Å². The maximum atomic E-state index is 5.49. The Morgan fingerprint density at radius 2 is 1.63 bits per heavy atom. The topological polar surface area (TPSA) is 40.0 Å². The molecule has 0 unspecified atom stereocenters. The first kappa shape index (κ1) is 23.5. The molecule has 0 N–H and O–H groups in total. The summed E-state index contributed by atoms with van der Waals surface area (Å²) in [6, 6.07) is 11.8. The molecule has 0 bridgehead atoms. The van der Waals surface area contributed by atoms with Crippen molar-refractivity contribution in [2.45, 2.75) is 41.0 Å². The first-order valence-corrected chi connectivity index (χ1v) is 10.3. The minimum Gasteiger partial charge on any atom is -0.497 e. The number of allylic oxidation sites excluding steroid dienone is 2. The number of nitrogens with zero attached hydrogens (tertiary/aromatic N) is 1. The molecule has 0 spiro atoms. The molecule has 0 fully saturated rings. The number of rotatable bonds is 9. The summed E-state index contributed by atoms with van der Waals surface area (Å²) in [4.78, 5) is 4.82. The normalized spacial score (nSPS) is 12.5. The molecule has 0 amide bonds. The maximum Gasteiger partial charge on any atom is 0.131 e. The monoisotopic (exact) mass is 409 g/mol. The van der Waals surface area contributed by atoms with Crippen molar-refractivity contribution in [2.24, 2.45) is 16.3 Å². The van der Waals surface area contributed by atoms with E-state index in [1.54, 1.807) is 27.5 Å². The minimum absolute atomic E-state index is 0.00926. The van der Waals surface area contributed by atoms with Crippen molar-refractivity contribution >= 4 is 11.9 Å². The lowest BCUT2D eigenvalue weighted by molar-refractivity contribution is 0.393. The van der Waals surface area contributed by atoms with Crippen LogP contribution in [-0.4, -0.2) is 27.5 Å². The third kappa shape index (κ3) is 6.12. The molecule has 0 aromatic heterocycles. The summed E-state index contributed by atoms with van der Waals surface area (Å²) in [6.45, 7) is 11.2. The van der Waals surface area contributed by atoms with Crippen LogP contribution in [0.5, 0.6) is 17.2 Å². The van der Waals surface area contributed by atoms with E-state index in [0.717, 1.165) is 34.9 Å². The highest BCUT2D eigenvalue weighted by Crippen LogP contribution is 2.34. The molecule has 0 radical (unpaired) electrons. The Balaban J connectivity index is 2.46. The van der Waals surface area contributed by atoms with E-state index in [1.807, 2.05) is 30.3 Å². The second-order valence-corrected chi connectivity index (χ2v) is 8.54. The van der Waals surface area contributed by atoms with Crippen LogP contribution >= 0.6 is 0 Å². The van der Waals surface area contributed by atoms with Crippen LogP contribution in [-0.2, 0) is 6.42 Å². The Labute approximate surface area is 181 Å². The van der Waals surface area contributed by atoms with Gasteiger partial charge in [-0.25, -0.2) is 0 Å². The van der Waals surface area contributed by atoms with Gasteiger partial charge >= 0.3 is 0 Å². The van der Waals surface area contributed by atoms with Crippen LogP contribution in [0, 0.1) is 11.3 Å². The summed E-state index contributed by atoms with van der Waals surface area (Å²) in [6.07, 6.45) is 5.05. The van der Waals surface area contributed by atoms with Crippen LogP contribution in [0.3, 0.4) is 0 Å². The number of ether oxygens (including phenoxy) is 3. The van der Waals surface area contributed by atoms with Crippen molar-refractivity contribution in [3.05, 3.63) is 59.2 Å². The van der Waals surface area contributed by atoms with Gasteiger partial charge in [0.15, 0.2) is 0 Å². The molecular formula is C26H35NO3. The smallest absolute Gasteiger partial charge is 0.131 e. The molecule has 0 aliphatic carbocycles. The zero-order valence-corrected chi connectivity index (χ0v) is 19.6. The predicted molar refractivity (Wildman–Crippen MR) is 126 cm³/mol. The highest BCUT2D eigenvalue weighted by atomic mass is 16.5. The molecule has 2 aromatic carbocycles. The first-order chi connectivity index (χ1) is 14.2. The van der Waals surface area contributed by atoms with E-state index < -0.39 is 0 Å². The van der Waals surface area contributed by atoms with E-state index in [4.69, 9.17) is 19.2 Å². The molecule has 0 atom stereocenters. The number of hydrogen-bond acceptors (Lipinski definition) is 4. The lowest BCUT2D eigenvalue weighted by atomic mass is 9.82. The Kier molecular flexibility index (Phi) is 8.10. The van der Waals surface area contributed by atoms with Gasteiger partial charge in [-0.15, -0.1) is 0 Å². The van der Waals surface area contributed by atoms with Crippen molar-refractivity contribution in [1.29, 1.82) is 0 Å². The Bertz CT molecular complexity index is 888. The summed E-state index contributed by atoms with van der Waals surface area (Å²) < 4.78 is 16.4. The molecule has 162 valence electrons. The Morgan fingerprint density at radius 1 is 1.00 bits per heavy atom. The number of benzene rings is 2. The molecule has 4 heteroatoms. The van der Waals surface area contributed by atoms with Gasteiger partial charge in [-0.3, -0.25) is 4.99 Å². The average molecular weight is 410 g/mol. The van der Waals surface area contributed by atoms with Gasteiger partial charge in [0.2, 0.25) is 0 Å². The fraction of sp³-hybridized carbons (Fsp3) is 0.423. The molecule has 30 heavy (non-hydrogen) atoms. The molecule has 2 rings (SSSR count). The summed E-state index contributed by atoms with van der Waals surface area (Å²) in [5.41, 5.74) is 4.27. The molecule has 2 aromatic rings. The average Bonchev–Trinajstić information content (AvgIpc) is 2.71. The van der Waals surface area contributed by atoms with Crippen molar-refractivity contribution in [1.82, 2.24) is 0 Å². The molecule has 4 nitrogen and oxygen atoms in total. The van der Waals surface area contributed by atoms with Crippen LogP contribution in [0.15, 0.2) is 53.0 Å². The van der Waals surface area contributed by atoms with Gasteiger partial charge in [0.1, 0.15) is 17.2 Å². The summed E-state index contributed by atoms with van der Waals surface area (Å²) in [7, 11) is 4.97. The van der Waals surface area contributed by atoms with Gasteiger partial charge < -0.3 is 14.2 Å². The van der Waals surface area contributed by atoms with Crippen molar-refractivity contribution in [2.75, 3.05) is 21.3 Å². The van der Waals surface area contributed by atoms with Crippen LogP contribution < -0.4 is 14.2 Å². The molecule has 0 saturated carbocycles. The lowest BCUT2D eigenvalue weighted by Gasteiger charge is -2.24. The zero-order chi connectivity index (χ0) is 22.3. The lowest BCUT2D eigenvalue weighted by Crippen LogP contribution is -2.13. The standard InChI is InChI=1S/C26H35NO3/c1-18(2)19(3)15-26(4,5)16-20-12-13-21(28-6)14-23(20)27-17-22-24(29-7)10-9-11-25(22)30-8/h9-15,17-18H,16H2,1-8H3/b19-15+,27-17?. The SMILES string of the molecule is COc1ccc(CC(C)(C)/C=C(\C)C(C)C)c(N=Cc2c(OC)cccc2OC)c1. The van der Waals surface area contributed by atoms with E-state index in [1.165, 1.54) is 11.1 Å². The van der Waals surface area contributed by atoms with Crippen LogP contribution in [0.2, 0.25) is 0 Å². The second kappa shape index (κ2) is 10.3. The summed E-state index contributed by atoms with van der Waals surface area (Å²) in [5, 5.41) is 0. The van der Waals surface area contributed by atoms with E-state index in [-0.39, 0.29) is 5.41 Å². The second-order valence-electron chi connectivity index (χ2n) is 8.54. The number of methoxy groups -OCH3 is 3.